The van der Waals surface area contributed by atoms with Crippen molar-refractivity contribution < 1.29 is 4.79 Å². The SMILES string of the molecule is Cc1n[nH]nc1C(=O)N(C)C[C@H]1CCN(C(C)C)C1. The fourth-order valence-corrected chi connectivity index (χ4v) is 2.62. The number of carbonyl (C=O) groups is 1. The first kappa shape index (κ1) is 14.0. The molecule has 1 aromatic rings. The third-order valence-corrected chi connectivity index (χ3v) is 3.85. The average Bonchev–Trinajstić information content (AvgIpc) is 2.97. The number of nitrogens with one attached hydrogen (secondary N) is 1. The highest BCUT2D eigenvalue weighted by atomic mass is 16.2. The van der Waals surface area contributed by atoms with Gasteiger partial charge in [0.2, 0.25) is 0 Å². The van der Waals surface area contributed by atoms with Gasteiger partial charge in [-0.1, -0.05) is 0 Å². The predicted molar refractivity (Wildman–Crippen MR) is 72.9 cm³/mol. The molecule has 1 fully saturated rings. The second-order valence-corrected chi connectivity index (χ2v) is 5.69. The van der Waals surface area contributed by atoms with Crippen LogP contribution in [0.3, 0.4) is 0 Å². The molecule has 1 amide bonds. The van der Waals surface area contributed by atoms with E-state index in [1.54, 1.807) is 11.8 Å². The summed E-state index contributed by atoms with van der Waals surface area (Å²) in [6.45, 7) is 9.22. The molecule has 1 aromatic heterocycles. The van der Waals surface area contributed by atoms with Gasteiger partial charge >= 0.3 is 0 Å². The molecule has 1 aliphatic heterocycles. The normalized spacial score (nSPS) is 20.2. The monoisotopic (exact) mass is 265 g/mol. The van der Waals surface area contributed by atoms with Crippen LogP contribution in [0.5, 0.6) is 0 Å². The molecule has 1 N–H and O–H groups in total. The summed E-state index contributed by atoms with van der Waals surface area (Å²) in [6, 6.07) is 0.587. The molecule has 1 saturated heterocycles. The van der Waals surface area contributed by atoms with Crippen LogP contribution in [0.2, 0.25) is 0 Å². The Morgan fingerprint density at radius 1 is 1.53 bits per heavy atom. The lowest BCUT2D eigenvalue weighted by Crippen LogP contribution is -2.34. The molecular formula is C13H23N5O. The van der Waals surface area contributed by atoms with Gasteiger partial charge < -0.3 is 9.80 Å². The summed E-state index contributed by atoms with van der Waals surface area (Å²) in [5.41, 5.74) is 1.09. The Labute approximate surface area is 114 Å². The second-order valence-electron chi connectivity index (χ2n) is 5.69. The van der Waals surface area contributed by atoms with Crippen molar-refractivity contribution in [3.8, 4) is 0 Å². The lowest BCUT2D eigenvalue weighted by Gasteiger charge is -2.23. The average molecular weight is 265 g/mol. The maximum absolute atomic E-state index is 12.2. The predicted octanol–water partition coefficient (Wildman–Crippen LogP) is 0.915. The summed E-state index contributed by atoms with van der Waals surface area (Å²) in [7, 11) is 1.84. The first-order chi connectivity index (χ1) is 8.99. The van der Waals surface area contributed by atoms with E-state index in [0.29, 0.717) is 23.3 Å². The number of rotatable bonds is 4. The second kappa shape index (κ2) is 5.69. The molecule has 19 heavy (non-hydrogen) atoms. The minimum Gasteiger partial charge on any atom is -0.340 e. The molecule has 1 atom stereocenters. The zero-order valence-electron chi connectivity index (χ0n) is 12.2. The Kier molecular flexibility index (Phi) is 4.19. The van der Waals surface area contributed by atoms with Gasteiger partial charge in [-0.25, -0.2) is 0 Å². The van der Waals surface area contributed by atoms with Crippen molar-refractivity contribution in [1.82, 2.24) is 25.2 Å². The maximum atomic E-state index is 12.2. The van der Waals surface area contributed by atoms with Gasteiger partial charge in [0, 0.05) is 26.2 Å². The van der Waals surface area contributed by atoms with E-state index in [9.17, 15) is 4.79 Å². The number of hydrogen-bond acceptors (Lipinski definition) is 4. The van der Waals surface area contributed by atoms with E-state index in [2.05, 4.69) is 34.2 Å². The van der Waals surface area contributed by atoms with Crippen LogP contribution >= 0.6 is 0 Å². The van der Waals surface area contributed by atoms with Crippen molar-refractivity contribution >= 4 is 5.91 Å². The van der Waals surface area contributed by atoms with Gasteiger partial charge in [-0.05, 0) is 39.7 Å². The highest BCUT2D eigenvalue weighted by molar-refractivity contribution is 5.92. The highest BCUT2D eigenvalue weighted by Crippen LogP contribution is 2.19. The summed E-state index contributed by atoms with van der Waals surface area (Å²) in [4.78, 5) is 16.4. The van der Waals surface area contributed by atoms with Gasteiger partial charge in [0.1, 0.15) is 0 Å². The zero-order valence-corrected chi connectivity index (χ0v) is 12.2. The standard InChI is InChI=1S/C13H23N5O/c1-9(2)18-6-5-11(8-18)7-17(4)13(19)12-10(3)14-16-15-12/h9,11H,5-8H2,1-4H3,(H,14,15,16)/t11-/m1/s1. The lowest BCUT2D eigenvalue weighted by atomic mass is 10.1. The Morgan fingerprint density at radius 3 is 2.79 bits per heavy atom. The largest absolute Gasteiger partial charge is 0.340 e. The van der Waals surface area contributed by atoms with E-state index in [1.807, 2.05) is 7.05 Å². The molecule has 6 nitrogen and oxygen atoms in total. The number of amides is 1. The van der Waals surface area contributed by atoms with E-state index in [0.717, 1.165) is 26.1 Å². The summed E-state index contributed by atoms with van der Waals surface area (Å²) in [5, 5.41) is 10.3. The van der Waals surface area contributed by atoms with Crippen LogP contribution in [-0.4, -0.2) is 63.8 Å². The van der Waals surface area contributed by atoms with E-state index in [1.165, 1.54) is 0 Å². The van der Waals surface area contributed by atoms with Crippen molar-refractivity contribution in [2.75, 3.05) is 26.7 Å². The quantitative estimate of drug-likeness (QED) is 0.879. The van der Waals surface area contributed by atoms with E-state index in [-0.39, 0.29) is 5.91 Å². The summed E-state index contributed by atoms with van der Waals surface area (Å²) in [5.74, 6) is 0.512. The molecule has 0 spiro atoms. The summed E-state index contributed by atoms with van der Waals surface area (Å²) in [6.07, 6.45) is 1.16. The van der Waals surface area contributed by atoms with E-state index >= 15 is 0 Å². The topological polar surface area (TPSA) is 65.1 Å². The van der Waals surface area contributed by atoms with Crippen molar-refractivity contribution in [3.05, 3.63) is 11.4 Å². The molecule has 0 aromatic carbocycles. The number of aryl methyl sites for hydroxylation is 1. The molecule has 0 saturated carbocycles. The van der Waals surface area contributed by atoms with Crippen LogP contribution in [-0.2, 0) is 0 Å². The smallest absolute Gasteiger partial charge is 0.276 e. The molecule has 0 unspecified atom stereocenters. The lowest BCUT2D eigenvalue weighted by molar-refractivity contribution is 0.0766. The molecule has 1 aliphatic rings. The van der Waals surface area contributed by atoms with Gasteiger partial charge in [0.05, 0.1) is 5.69 Å². The summed E-state index contributed by atoms with van der Waals surface area (Å²) >= 11 is 0. The van der Waals surface area contributed by atoms with Gasteiger partial charge in [0.15, 0.2) is 5.69 Å². The van der Waals surface area contributed by atoms with Crippen molar-refractivity contribution in [2.24, 2.45) is 5.92 Å². The number of carbonyl (C=O) groups excluding carboxylic acids is 1. The fraction of sp³-hybridized carbons (Fsp3) is 0.769. The minimum atomic E-state index is -0.0470. The van der Waals surface area contributed by atoms with E-state index in [4.69, 9.17) is 0 Å². The van der Waals surface area contributed by atoms with Crippen LogP contribution in [0.15, 0.2) is 0 Å². The zero-order chi connectivity index (χ0) is 14.0. The molecule has 2 heterocycles. The third kappa shape index (κ3) is 3.12. The Hall–Kier alpha value is -1.43. The van der Waals surface area contributed by atoms with Crippen LogP contribution in [0.25, 0.3) is 0 Å². The molecular weight excluding hydrogens is 242 g/mol. The van der Waals surface area contributed by atoms with Crippen LogP contribution in [0, 0.1) is 12.8 Å². The molecule has 0 radical (unpaired) electrons. The minimum absolute atomic E-state index is 0.0470. The fourth-order valence-electron chi connectivity index (χ4n) is 2.62. The number of nitrogens with zero attached hydrogens (tertiary/aromatic N) is 4. The number of likely N-dealkylation sites (tertiary alicyclic amines) is 1. The molecule has 2 rings (SSSR count). The van der Waals surface area contributed by atoms with E-state index < -0.39 is 0 Å². The van der Waals surface area contributed by atoms with Gasteiger partial charge in [0.25, 0.3) is 5.91 Å². The van der Waals surface area contributed by atoms with Crippen molar-refractivity contribution in [1.29, 1.82) is 0 Å². The van der Waals surface area contributed by atoms with Crippen LogP contribution < -0.4 is 0 Å². The van der Waals surface area contributed by atoms with Gasteiger partial charge in [-0.2, -0.15) is 15.4 Å². The number of H-pyrrole nitrogens is 1. The Bertz CT molecular complexity index is 442. The van der Waals surface area contributed by atoms with Gasteiger partial charge in [-0.15, -0.1) is 0 Å². The first-order valence-electron chi connectivity index (χ1n) is 6.86. The van der Waals surface area contributed by atoms with Gasteiger partial charge in [-0.3, -0.25) is 4.79 Å². The Morgan fingerprint density at radius 2 is 2.26 bits per heavy atom. The highest BCUT2D eigenvalue weighted by Gasteiger charge is 2.27. The van der Waals surface area contributed by atoms with Crippen molar-refractivity contribution in [2.45, 2.75) is 33.2 Å². The third-order valence-electron chi connectivity index (χ3n) is 3.85. The van der Waals surface area contributed by atoms with Crippen LogP contribution in [0.4, 0.5) is 0 Å². The molecule has 0 bridgehead atoms. The number of hydrogen-bond donors (Lipinski definition) is 1. The number of aromatic amines is 1. The molecule has 106 valence electrons. The molecule has 6 heteroatoms. The van der Waals surface area contributed by atoms with Crippen molar-refractivity contribution in [3.63, 3.8) is 0 Å². The summed E-state index contributed by atoms with van der Waals surface area (Å²) < 4.78 is 0. The Balaban J connectivity index is 1.90. The maximum Gasteiger partial charge on any atom is 0.276 e. The first-order valence-corrected chi connectivity index (χ1v) is 6.86. The van der Waals surface area contributed by atoms with Crippen LogP contribution in [0.1, 0.15) is 36.5 Å². The molecule has 0 aliphatic carbocycles. The number of aromatic nitrogens is 3.